The molecule has 0 aliphatic carbocycles. The summed E-state index contributed by atoms with van der Waals surface area (Å²) < 4.78 is 4.84. The summed E-state index contributed by atoms with van der Waals surface area (Å²) in [7, 11) is 0. The average Bonchev–Trinajstić information content (AvgIpc) is 2.49. The minimum Gasteiger partial charge on any atom is -0.466 e. The topological polar surface area (TPSA) is 46.6 Å². The summed E-state index contributed by atoms with van der Waals surface area (Å²) in [6, 6.07) is 7.68. The van der Waals surface area contributed by atoms with Crippen LogP contribution in [0.5, 0.6) is 0 Å². The molecule has 0 N–H and O–H groups in total. The van der Waals surface area contributed by atoms with Crippen molar-refractivity contribution in [3.05, 3.63) is 29.8 Å². The first-order valence-electron chi connectivity index (χ1n) is 7.66. The van der Waals surface area contributed by atoms with E-state index in [-0.39, 0.29) is 11.8 Å². The molecule has 0 aliphatic heterocycles. The normalized spacial score (nSPS) is 10.2. The lowest BCUT2D eigenvalue weighted by Gasteiger charge is -2.21. The van der Waals surface area contributed by atoms with Crippen LogP contribution >= 0.6 is 0 Å². The third-order valence-corrected chi connectivity index (χ3v) is 3.41. The Morgan fingerprint density at radius 2 is 1.62 bits per heavy atom. The number of benzene rings is 1. The molecule has 0 heterocycles. The van der Waals surface area contributed by atoms with Gasteiger partial charge in [0.05, 0.1) is 6.61 Å². The Morgan fingerprint density at radius 3 is 2.14 bits per heavy atom. The van der Waals surface area contributed by atoms with Crippen molar-refractivity contribution in [3.8, 4) is 0 Å². The van der Waals surface area contributed by atoms with Crippen LogP contribution in [0.2, 0.25) is 0 Å². The van der Waals surface area contributed by atoms with Gasteiger partial charge in [0.25, 0.3) is 0 Å². The van der Waals surface area contributed by atoms with Crippen molar-refractivity contribution in [1.82, 2.24) is 0 Å². The standard InChI is InChI=1S/C17H25NO3/c1-4-18(5-2)15-12-10-14(11-13-15)16(19)8-7-9-17(20)21-6-3/h10-13H,4-9H2,1-3H3. The van der Waals surface area contributed by atoms with Crippen molar-refractivity contribution < 1.29 is 14.3 Å². The van der Waals surface area contributed by atoms with Crippen LogP contribution in [0.25, 0.3) is 0 Å². The van der Waals surface area contributed by atoms with Gasteiger partial charge in [-0.05, 0) is 51.5 Å². The number of esters is 1. The summed E-state index contributed by atoms with van der Waals surface area (Å²) in [6.45, 7) is 8.28. The second-order valence-corrected chi connectivity index (χ2v) is 4.80. The number of carbonyl (C=O) groups is 2. The van der Waals surface area contributed by atoms with Gasteiger partial charge in [-0.2, -0.15) is 0 Å². The SMILES string of the molecule is CCOC(=O)CCCC(=O)c1ccc(N(CC)CC)cc1. The predicted octanol–water partition coefficient (Wildman–Crippen LogP) is 3.45. The highest BCUT2D eigenvalue weighted by atomic mass is 16.5. The molecule has 116 valence electrons. The summed E-state index contributed by atoms with van der Waals surface area (Å²) in [5.41, 5.74) is 1.83. The number of anilines is 1. The van der Waals surface area contributed by atoms with E-state index in [0.29, 0.717) is 31.4 Å². The number of carbonyl (C=O) groups excluding carboxylic acids is 2. The second kappa shape index (κ2) is 9.16. The quantitative estimate of drug-likeness (QED) is 0.516. The molecule has 1 aromatic rings. The zero-order valence-corrected chi connectivity index (χ0v) is 13.2. The van der Waals surface area contributed by atoms with Gasteiger partial charge in [0, 0.05) is 37.2 Å². The van der Waals surface area contributed by atoms with Crippen molar-refractivity contribution in [2.45, 2.75) is 40.0 Å². The van der Waals surface area contributed by atoms with Gasteiger partial charge in [-0.1, -0.05) is 0 Å². The third-order valence-electron chi connectivity index (χ3n) is 3.41. The van der Waals surface area contributed by atoms with Gasteiger partial charge in [0.2, 0.25) is 0 Å². The molecule has 0 atom stereocenters. The molecule has 21 heavy (non-hydrogen) atoms. The lowest BCUT2D eigenvalue weighted by Crippen LogP contribution is -2.21. The van der Waals surface area contributed by atoms with Crippen LogP contribution in [0, 0.1) is 0 Å². The van der Waals surface area contributed by atoms with Gasteiger partial charge in [-0.25, -0.2) is 0 Å². The molecule has 4 nitrogen and oxygen atoms in total. The summed E-state index contributed by atoms with van der Waals surface area (Å²) >= 11 is 0. The Morgan fingerprint density at radius 1 is 1.00 bits per heavy atom. The van der Waals surface area contributed by atoms with Gasteiger partial charge < -0.3 is 9.64 Å². The summed E-state index contributed by atoms with van der Waals surface area (Å²) in [5.74, 6) is -0.160. The van der Waals surface area contributed by atoms with E-state index in [0.717, 1.165) is 18.8 Å². The molecule has 0 fully saturated rings. The van der Waals surface area contributed by atoms with E-state index in [2.05, 4.69) is 18.7 Å². The molecule has 1 rings (SSSR count). The molecule has 0 spiro atoms. The number of ether oxygens (including phenoxy) is 1. The van der Waals surface area contributed by atoms with Crippen molar-refractivity contribution >= 4 is 17.4 Å². The molecular weight excluding hydrogens is 266 g/mol. The lowest BCUT2D eigenvalue weighted by atomic mass is 10.0. The Kier molecular flexibility index (Phi) is 7.51. The average molecular weight is 291 g/mol. The fourth-order valence-corrected chi connectivity index (χ4v) is 2.22. The Hall–Kier alpha value is -1.84. The summed E-state index contributed by atoms with van der Waals surface area (Å²) in [6.07, 6.45) is 1.22. The number of hydrogen-bond acceptors (Lipinski definition) is 4. The smallest absolute Gasteiger partial charge is 0.305 e. The first kappa shape index (κ1) is 17.2. The first-order valence-corrected chi connectivity index (χ1v) is 7.66. The van der Waals surface area contributed by atoms with Crippen molar-refractivity contribution in [1.29, 1.82) is 0 Å². The largest absolute Gasteiger partial charge is 0.466 e. The van der Waals surface area contributed by atoms with Gasteiger partial charge in [-0.3, -0.25) is 9.59 Å². The van der Waals surface area contributed by atoms with Crippen LogP contribution in [0.4, 0.5) is 5.69 Å². The maximum absolute atomic E-state index is 12.0. The zero-order chi connectivity index (χ0) is 15.7. The third kappa shape index (κ3) is 5.58. The Balaban J connectivity index is 2.50. The molecule has 0 saturated heterocycles. The monoisotopic (exact) mass is 291 g/mol. The van der Waals surface area contributed by atoms with E-state index in [9.17, 15) is 9.59 Å². The molecule has 0 radical (unpaired) electrons. The number of nitrogens with zero attached hydrogens (tertiary/aromatic N) is 1. The van der Waals surface area contributed by atoms with E-state index in [1.54, 1.807) is 6.92 Å². The van der Waals surface area contributed by atoms with Gasteiger partial charge in [-0.15, -0.1) is 0 Å². The maximum Gasteiger partial charge on any atom is 0.305 e. The second-order valence-electron chi connectivity index (χ2n) is 4.80. The van der Waals surface area contributed by atoms with E-state index < -0.39 is 0 Å². The molecule has 0 aromatic heterocycles. The Labute approximate surface area is 127 Å². The van der Waals surface area contributed by atoms with Crippen LogP contribution in [0.1, 0.15) is 50.4 Å². The Bertz CT molecular complexity index is 450. The molecule has 4 heteroatoms. The van der Waals surface area contributed by atoms with Gasteiger partial charge in [0.15, 0.2) is 5.78 Å². The zero-order valence-electron chi connectivity index (χ0n) is 13.2. The number of rotatable bonds is 9. The molecule has 1 aromatic carbocycles. The molecule has 0 saturated carbocycles. The highest BCUT2D eigenvalue weighted by molar-refractivity contribution is 5.96. The maximum atomic E-state index is 12.0. The molecular formula is C17H25NO3. The minimum atomic E-state index is -0.234. The van der Waals surface area contributed by atoms with Crippen LogP contribution in [0.3, 0.4) is 0 Å². The minimum absolute atomic E-state index is 0.0744. The van der Waals surface area contributed by atoms with E-state index in [1.165, 1.54) is 0 Å². The molecule has 0 aliphatic rings. The number of hydrogen-bond donors (Lipinski definition) is 0. The molecule has 0 unspecified atom stereocenters. The molecule has 0 amide bonds. The van der Waals surface area contributed by atoms with E-state index in [4.69, 9.17) is 4.74 Å². The summed E-state index contributed by atoms with van der Waals surface area (Å²) in [4.78, 5) is 25.5. The van der Waals surface area contributed by atoms with Crippen molar-refractivity contribution in [3.63, 3.8) is 0 Å². The fraction of sp³-hybridized carbons (Fsp3) is 0.529. The van der Waals surface area contributed by atoms with Crippen LogP contribution in [0.15, 0.2) is 24.3 Å². The fourth-order valence-electron chi connectivity index (χ4n) is 2.22. The van der Waals surface area contributed by atoms with Crippen LogP contribution in [-0.4, -0.2) is 31.4 Å². The predicted molar refractivity (Wildman–Crippen MR) is 84.8 cm³/mol. The number of ketones is 1. The van der Waals surface area contributed by atoms with Crippen LogP contribution in [-0.2, 0) is 9.53 Å². The molecule has 0 bridgehead atoms. The van der Waals surface area contributed by atoms with E-state index in [1.807, 2.05) is 24.3 Å². The highest BCUT2D eigenvalue weighted by Crippen LogP contribution is 2.16. The van der Waals surface area contributed by atoms with Gasteiger partial charge >= 0.3 is 5.97 Å². The first-order chi connectivity index (χ1) is 10.1. The van der Waals surface area contributed by atoms with Crippen LogP contribution < -0.4 is 4.90 Å². The van der Waals surface area contributed by atoms with Gasteiger partial charge in [0.1, 0.15) is 0 Å². The number of Topliss-reactive ketones (excluding diaryl/α,β-unsaturated/α-hetero) is 1. The van der Waals surface area contributed by atoms with Crippen molar-refractivity contribution in [2.75, 3.05) is 24.6 Å². The van der Waals surface area contributed by atoms with E-state index >= 15 is 0 Å². The summed E-state index contributed by atoms with van der Waals surface area (Å²) in [5, 5.41) is 0. The highest BCUT2D eigenvalue weighted by Gasteiger charge is 2.09. The van der Waals surface area contributed by atoms with Crippen molar-refractivity contribution in [2.24, 2.45) is 0 Å². The lowest BCUT2D eigenvalue weighted by molar-refractivity contribution is -0.143.